The topological polar surface area (TPSA) is 81.1 Å². The van der Waals surface area contributed by atoms with Crippen LogP contribution in [0.1, 0.15) is 25.5 Å². The fraction of sp³-hybridized carbons (Fsp3) is 0.190. The number of allylic oxidation sites excluding steroid dienone is 1. The lowest BCUT2D eigenvalue weighted by Crippen LogP contribution is -2.31. The molecule has 8 heteroatoms. The van der Waals surface area contributed by atoms with Gasteiger partial charge in [-0.3, -0.25) is 4.79 Å². The molecule has 29 heavy (non-hydrogen) atoms. The van der Waals surface area contributed by atoms with Crippen LogP contribution in [0.4, 0.5) is 16.0 Å². The first kappa shape index (κ1) is 18.7. The first-order chi connectivity index (χ1) is 14.1. The molecule has 2 N–H and O–H groups in total. The molecule has 4 rings (SSSR count). The molecule has 1 amide bonds. The van der Waals surface area contributed by atoms with Crippen LogP contribution >= 0.6 is 0 Å². The van der Waals surface area contributed by atoms with Gasteiger partial charge in [0.05, 0.1) is 17.9 Å². The second kappa shape index (κ2) is 7.75. The van der Waals surface area contributed by atoms with E-state index in [-0.39, 0.29) is 11.7 Å². The van der Waals surface area contributed by atoms with Gasteiger partial charge in [-0.1, -0.05) is 24.3 Å². The summed E-state index contributed by atoms with van der Waals surface area (Å²) in [6.45, 7) is 4.14. The van der Waals surface area contributed by atoms with E-state index in [4.69, 9.17) is 4.74 Å². The van der Waals surface area contributed by atoms with Gasteiger partial charge in [0.15, 0.2) is 0 Å². The lowest BCUT2D eigenvalue weighted by atomic mass is 9.95. The summed E-state index contributed by atoms with van der Waals surface area (Å²) in [5.74, 6) is 0.344. The first-order valence-corrected chi connectivity index (χ1v) is 9.24. The predicted molar refractivity (Wildman–Crippen MR) is 107 cm³/mol. The molecule has 0 bridgehead atoms. The summed E-state index contributed by atoms with van der Waals surface area (Å²) < 4.78 is 21.1. The zero-order valence-electron chi connectivity index (χ0n) is 16.0. The molecule has 1 aliphatic rings. The maximum atomic E-state index is 13.9. The highest BCUT2D eigenvalue weighted by molar-refractivity contribution is 6.06. The fourth-order valence-electron chi connectivity index (χ4n) is 3.41. The number of hydrogen-bond donors (Lipinski definition) is 2. The van der Waals surface area contributed by atoms with Crippen LogP contribution in [-0.2, 0) is 4.79 Å². The number of hydrogen-bond acceptors (Lipinski definition) is 5. The van der Waals surface area contributed by atoms with Gasteiger partial charge in [-0.15, -0.1) is 0 Å². The number of anilines is 2. The van der Waals surface area contributed by atoms with Crippen LogP contribution < -0.4 is 15.4 Å². The number of aromatic nitrogens is 3. The van der Waals surface area contributed by atoms with E-state index in [1.807, 2.05) is 19.1 Å². The van der Waals surface area contributed by atoms with E-state index in [9.17, 15) is 9.18 Å². The van der Waals surface area contributed by atoms with Crippen LogP contribution in [0.2, 0.25) is 0 Å². The minimum absolute atomic E-state index is 0.336. The van der Waals surface area contributed by atoms with E-state index in [1.165, 1.54) is 18.5 Å². The average molecular weight is 393 g/mol. The Morgan fingerprint density at radius 3 is 2.90 bits per heavy atom. The first-order valence-electron chi connectivity index (χ1n) is 9.24. The molecule has 1 aromatic heterocycles. The zero-order valence-corrected chi connectivity index (χ0v) is 16.0. The smallest absolute Gasteiger partial charge is 0.255 e. The highest BCUT2D eigenvalue weighted by Gasteiger charge is 2.33. The molecular weight excluding hydrogens is 373 g/mol. The van der Waals surface area contributed by atoms with Crippen LogP contribution in [0.15, 0.2) is 66.1 Å². The number of ether oxygens (including phenoxy) is 1. The number of carbonyl (C=O) groups excluding carboxylic acids is 1. The second-order valence-corrected chi connectivity index (χ2v) is 6.53. The normalized spacial score (nSPS) is 15.5. The van der Waals surface area contributed by atoms with Crippen molar-refractivity contribution in [2.45, 2.75) is 19.9 Å². The van der Waals surface area contributed by atoms with Crippen molar-refractivity contribution in [1.29, 1.82) is 0 Å². The Labute approximate surface area is 167 Å². The van der Waals surface area contributed by atoms with Gasteiger partial charge in [-0.25, -0.2) is 9.07 Å². The molecule has 1 unspecified atom stereocenters. The van der Waals surface area contributed by atoms with E-state index in [1.54, 1.807) is 35.9 Å². The summed E-state index contributed by atoms with van der Waals surface area (Å²) in [6.07, 6.45) is 1.40. The predicted octanol–water partition coefficient (Wildman–Crippen LogP) is 3.74. The average Bonchev–Trinajstić information content (AvgIpc) is 3.16. The second-order valence-electron chi connectivity index (χ2n) is 6.53. The van der Waals surface area contributed by atoms with Crippen LogP contribution in [0.5, 0.6) is 5.75 Å². The molecule has 0 radical (unpaired) electrons. The van der Waals surface area contributed by atoms with Gasteiger partial charge in [-0.05, 0) is 43.7 Å². The molecule has 1 atom stereocenters. The Bertz CT molecular complexity index is 1090. The van der Waals surface area contributed by atoms with Gasteiger partial charge in [0, 0.05) is 5.70 Å². The minimum atomic E-state index is -0.622. The van der Waals surface area contributed by atoms with Crippen molar-refractivity contribution in [2.24, 2.45) is 0 Å². The maximum absolute atomic E-state index is 13.9. The third-order valence-corrected chi connectivity index (χ3v) is 4.64. The SMILES string of the molecule is CCOc1ccccc1NC(=O)C1=C(C)Nc2ncnn2C1c1cccc(F)c1. The summed E-state index contributed by atoms with van der Waals surface area (Å²) in [4.78, 5) is 17.5. The number of amides is 1. The van der Waals surface area contributed by atoms with Gasteiger partial charge in [-0.2, -0.15) is 10.1 Å². The molecule has 0 saturated carbocycles. The van der Waals surface area contributed by atoms with Crippen LogP contribution in [0, 0.1) is 5.82 Å². The number of nitrogens with zero attached hydrogens (tertiary/aromatic N) is 3. The number of para-hydroxylation sites is 2. The molecule has 0 saturated heterocycles. The quantitative estimate of drug-likeness (QED) is 0.690. The van der Waals surface area contributed by atoms with E-state index in [2.05, 4.69) is 20.7 Å². The summed E-state index contributed by atoms with van der Waals surface area (Å²) in [5, 5.41) is 10.3. The Morgan fingerprint density at radius 2 is 2.10 bits per heavy atom. The number of benzene rings is 2. The van der Waals surface area contributed by atoms with Gasteiger partial charge in [0.25, 0.3) is 5.91 Å². The molecule has 2 aromatic carbocycles. The minimum Gasteiger partial charge on any atom is -0.492 e. The van der Waals surface area contributed by atoms with E-state index in [0.29, 0.717) is 40.8 Å². The van der Waals surface area contributed by atoms with Crippen LogP contribution in [-0.4, -0.2) is 27.3 Å². The van der Waals surface area contributed by atoms with Crippen molar-refractivity contribution in [3.8, 4) is 5.75 Å². The van der Waals surface area contributed by atoms with Gasteiger partial charge in [0.1, 0.15) is 23.9 Å². The summed E-state index contributed by atoms with van der Waals surface area (Å²) in [6, 6.07) is 12.7. The third kappa shape index (κ3) is 3.56. The highest BCUT2D eigenvalue weighted by atomic mass is 19.1. The third-order valence-electron chi connectivity index (χ3n) is 4.64. The molecule has 7 nitrogen and oxygen atoms in total. The molecule has 3 aromatic rings. The van der Waals surface area contributed by atoms with Crippen molar-refractivity contribution in [3.63, 3.8) is 0 Å². The Morgan fingerprint density at radius 1 is 1.28 bits per heavy atom. The largest absolute Gasteiger partial charge is 0.492 e. The Hall–Kier alpha value is -3.68. The molecule has 2 heterocycles. The lowest BCUT2D eigenvalue weighted by molar-refractivity contribution is -0.113. The van der Waals surface area contributed by atoms with Crippen LogP contribution in [0.25, 0.3) is 0 Å². The van der Waals surface area contributed by atoms with E-state index >= 15 is 0 Å². The Balaban J connectivity index is 1.75. The number of carbonyl (C=O) groups is 1. The van der Waals surface area contributed by atoms with Crippen LogP contribution in [0.3, 0.4) is 0 Å². The summed E-state index contributed by atoms with van der Waals surface area (Å²) >= 11 is 0. The van der Waals surface area contributed by atoms with E-state index in [0.717, 1.165) is 0 Å². The number of nitrogens with one attached hydrogen (secondary N) is 2. The fourth-order valence-corrected chi connectivity index (χ4v) is 3.41. The molecule has 0 fully saturated rings. The van der Waals surface area contributed by atoms with Crippen molar-refractivity contribution >= 4 is 17.5 Å². The van der Waals surface area contributed by atoms with Gasteiger partial charge >= 0.3 is 0 Å². The zero-order chi connectivity index (χ0) is 20.4. The van der Waals surface area contributed by atoms with Crippen molar-refractivity contribution in [2.75, 3.05) is 17.2 Å². The van der Waals surface area contributed by atoms with Gasteiger partial charge < -0.3 is 15.4 Å². The van der Waals surface area contributed by atoms with Crippen molar-refractivity contribution in [1.82, 2.24) is 14.8 Å². The molecule has 0 aliphatic carbocycles. The number of fused-ring (bicyclic) bond motifs is 1. The van der Waals surface area contributed by atoms with E-state index < -0.39 is 6.04 Å². The molecule has 148 valence electrons. The molecule has 0 spiro atoms. The highest BCUT2D eigenvalue weighted by Crippen LogP contribution is 2.36. The maximum Gasteiger partial charge on any atom is 0.255 e. The standard InChI is InChI=1S/C21H20FN5O2/c1-3-29-17-10-5-4-9-16(17)26-20(28)18-13(2)25-21-23-12-24-27(21)19(18)14-7-6-8-15(22)11-14/h4-12,19H,3H2,1-2H3,(H,26,28)(H,23,24,25). The van der Waals surface area contributed by atoms with Crippen molar-refractivity contribution in [3.05, 3.63) is 77.5 Å². The lowest BCUT2D eigenvalue weighted by Gasteiger charge is -2.29. The summed E-state index contributed by atoms with van der Waals surface area (Å²) in [7, 11) is 0. The number of rotatable bonds is 5. The molecule has 1 aliphatic heterocycles. The summed E-state index contributed by atoms with van der Waals surface area (Å²) in [5.41, 5.74) is 2.19. The molecular formula is C21H20FN5O2. The Kier molecular flexibility index (Phi) is 4.99. The van der Waals surface area contributed by atoms with Crippen molar-refractivity contribution < 1.29 is 13.9 Å². The van der Waals surface area contributed by atoms with Gasteiger partial charge in [0.2, 0.25) is 5.95 Å². The number of halogens is 1. The monoisotopic (exact) mass is 393 g/mol.